The molecule has 0 aliphatic rings. The highest BCUT2D eigenvalue weighted by atomic mass is 16.6. The zero-order valence-corrected chi connectivity index (χ0v) is 13.5. The third-order valence-electron chi connectivity index (χ3n) is 3.43. The number of non-ortho nitro benzene ring substituents is 1. The molecule has 2 aromatic rings. The Balaban J connectivity index is 2.02. The number of nitro groups is 1. The van der Waals surface area contributed by atoms with Gasteiger partial charge in [0.2, 0.25) is 5.91 Å². The lowest BCUT2D eigenvalue weighted by atomic mass is 10.2. The monoisotopic (exact) mass is 326 g/mol. The lowest BCUT2D eigenvalue weighted by Gasteiger charge is -2.15. The molecule has 6 nitrogen and oxygen atoms in total. The van der Waals surface area contributed by atoms with Gasteiger partial charge in [0.15, 0.2) is 0 Å². The second kappa shape index (κ2) is 7.92. The van der Waals surface area contributed by atoms with Crippen LogP contribution in [0.25, 0.3) is 6.08 Å². The number of nitro benzene ring substituents is 1. The van der Waals surface area contributed by atoms with Crippen molar-refractivity contribution in [3.8, 4) is 5.75 Å². The number of carbonyl (C=O) groups excluding carboxylic acids is 1. The highest BCUT2D eigenvalue weighted by Crippen LogP contribution is 2.15. The van der Waals surface area contributed by atoms with Crippen LogP contribution in [0.3, 0.4) is 0 Å². The Morgan fingerprint density at radius 3 is 2.71 bits per heavy atom. The molecule has 0 aromatic heterocycles. The van der Waals surface area contributed by atoms with E-state index in [1.54, 1.807) is 37.3 Å². The van der Waals surface area contributed by atoms with Crippen molar-refractivity contribution < 1.29 is 14.5 Å². The fourth-order valence-electron chi connectivity index (χ4n) is 2.16. The van der Waals surface area contributed by atoms with Gasteiger partial charge >= 0.3 is 0 Å². The van der Waals surface area contributed by atoms with Crippen molar-refractivity contribution >= 4 is 17.7 Å². The molecule has 0 unspecified atom stereocenters. The maximum atomic E-state index is 12.2. The molecule has 2 aromatic carbocycles. The Hall–Kier alpha value is -3.15. The average molecular weight is 326 g/mol. The van der Waals surface area contributed by atoms with E-state index in [1.807, 2.05) is 24.3 Å². The molecule has 1 amide bonds. The number of carbonyl (C=O) groups is 1. The number of benzene rings is 2. The average Bonchev–Trinajstić information content (AvgIpc) is 2.60. The number of amides is 1. The molecule has 0 heterocycles. The van der Waals surface area contributed by atoms with Gasteiger partial charge in [-0.2, -0.15) is 0 Å². The van der Waals surface area contributed by atoms with Crippen LogP contribution in [-0.4, -0.2) is 29.9 Å². The van der Waals surface area contributed by atoms with Gasteiger partial charge in [0.25, 0.3) is 5.69 Å². The summed E-state index contributed by atoms with van der Waals surface area (Å²) in [6.07, 6.45) is 2.97. The summed E-state index contributed by atoms with van der Waals surface area (Å²) in [6, 6.07) is 13.6. The number of hydrogen-bond donors (Lipinski definition) is 0. The van der Waals surface area contributed by atoms with E-state index in [2.05, 4.69) is 0 Å². The SMILES string of the molecule is COc1cccc(CN(C)C(=O)/C=C/c2cccc([N+](=O)[O-])c2)c1. The fraction of sp³-hybridized carbons (Fsp3) is 0.167. The van der Waals surface area contributed by atoms with Crippen LogP contribution in [-0.2, 0) is 11.3 Å². The molecule has 0 aliphatic heterocycles. The predicted molar refractivity (Wildman–Crippen MR) is 91.6 cm³/mol. The summed E-state index contributed by atoms with van der Waals surface area (Å²) in [7, 11) is 3.29. The lowest BCUT2D eigenvalue weighted by Crippen LogP contribution is -2.24. The van der Waals surface area contributed by atoms with E-state index in [0.29, 0.717) is 12.1 Å². The first kappa shape index (κ1) is 17.2. The van der Waals surface area contributed by atoms with Crippen LogP contribution in [0.5, 0.6) is 5.75 Å². The van der Waals surface area contributed by atoms with Crippen LogP contribution >= 0.6 is 0 Å². The maximum Gasteiger partial charge on any atom is 0.270 e. The first-order valence-electron chi connectivity index (χ1n) is 7.30. The molecule has 0 aliphatic carbocycles. The molecule has 0 saturated carbocycles. The van der Waals surface area contributed by atoms with Crippen molar-refractivity contribution in [2.45, 2.75) is 6.54 Å². The van der Waals surface area contributed by atoms with Crippen LogP contribution in [0.4, 0.5) is 5.69 Å². The molecule has 0 N–H and O–H groups in total. The minimum atomic E-state index is -0.464. The molecule has 24 heavy (non-hydrogen) atoms. The Kier molecular flexibility index (Phi) is 5.68. The van der Waals surface area contributed by atoms with Crippen molar-refractivity contribution in [2.75, 3.05) is 14.2 Å². The van der Waals surface area contributed by atoms with Gasteiger partial charge in [0, 0.05) is 31.8 Å². The molecule has 0 bridgehead atoms. The van der Waals surface area contributed by atoms with E-state index in [1.165, 1.54) is 18.2 Å². The zero-order chi connectivity index (χ0) is 17.5. The first-order chi connectivity index (χ1) is 11.5. The van der Waals surface area contributed by atoms with E-state index in [9.17, 15) is 14.9 Å². The van der Waals surface area contributed by atoms with Gasteiger partial charge in [0.05, 0.1) is 12.0 Å². The largest absolute Gasteiger partial charge is 0.497 e. The quantitative estimate of drug-likeness (QED) is 0.464. The van der Waals surface area contributed by atoms with E-state index in [4.69, 9.17) is 4.74 Å². The molecule has 124 valence electrons. The molecule has 0 radical (unpaired) electrons. The number of rotatable bonds is 6. The maximum absolute atomic E-state index is 12.2. The summed E-state index contributed by atoms with van der Waals surface area (Å²) < 4.78 is 5.16. The van der Waals surface area contributed by atoms with Gasteiger partial charge in [0.1, 0.15) is 5.75 Å². The minimum absolute atomic E-state index is 0.00525. The van der Waals surface area contributed by atoms with E-state index >= 15 is 0 Å². The zero-order valence-electron chi connectivity index (χ0n) is 13.5. The van der Waals surface area contributed by atoms with Gasteiger partial charge in [-0.15, -0.1) is 0 Å². The summed E-state index contributed by atoms with van der Waals surface area (Å²) in [5.74, 6) is 0.546. The molecular formula is C18H18N2O4. The third-order valence-corrected chi connectivity index (χ3v) is 3.43. The Labute approximate surface area is 140 Å². The number of likely N-dealkylation sites (N-methyl/N-ethyl adjacent to an activating group) is 1. The third kappa shape index (κ3) is 4.67. The Morgan fingerprint density at radius 1 is 1.25 bits per heavy atom. The Bertz CT molecular complexity index is 771. The first-order valence-corrected chi connectivity index (χ1v) is 7.30. The summed E-state index contributed by atoms with van der Waals surface area (Å²) in [6.45, 7) is 0.440. The number of ether oxygens (including phenoxy) is 1. The van der Waals surface area contributed by atoms with Crippen molar-refractivity contribution in [3.05, 3.63) is 75.8 Å². The van der Waals surface area contributed by atoms with Crippen LogP contribution in [0, 0.1) is 10.1 Å². The summed E-state index contributed by atoms with van der Waals surface area (Å²) in [5.41, 5.74) is 1.55. The highest BCUT2D eigenvalue weighted by Gasteiger charge is 2.08. The number of methoxy groups -OCH3 is 1. The van der Waals surface area contributed by atoms with Gasteiger partial charge in [-0.3, -0.25) is 14.9 Å². The molecule has 0 atom stereocenters. The topological polar surface area (TPSA) is 72.7 Å². The molecule has 0 saturated heterocycles. The molecule has 6 heteroatoms. The second-order valence-corrected chi connectivity index (χ2v) is 5.23. The van der Waals surface area contributed by atoms with Crippen LogP contribution in [0.1, 0.15) is 11.1 Å². The van der Waals surface area contributed by atoms with Crippen LogP contribution in [0.15, 0.2) is 54.6 Å². The second-order valence-electron chi connectivity index (χ2n) is 5.23. The molecule has 0 fully saturated rings. The van der Waals surface area contributed by atoms with Crippen molar-refractivity contribution in [1.82, 2.24) is 4.90 Å². The van der Waals surface area contributed by atoms with Gasteiger partial charge in [-0.25, -0.2) is 0 Å². The van der Waals surface area contributed by atoms with E-state index in [-0.39, 0.29) is 11.6 Å². The summed E-state index contributed by atoms with van der Waals surface area (Å²) in [4.78, 5) is 24.0. The highest BCUT2D eigenvalue weighted by molar-refractivity contribution is 5.91. The molecule has 0 spiro atoms. The van der Waals surface area contributed by atoms with Gasteiger partial charge in [-0.1, -0.05) is 24.3 Å². The lowest BCUT2D eigenvalue weighted by molar-refractivity contribution is -0.384. The summed E-state index contributed by atoms with van der Waals surface area (Å²) in [5, 5.41) is 10.8. The van der Waals surface area contributed by atoms with Gasteiger partial charge < -0.3 is 9.64 Å². The van der Waals surface area contributed by atoms with Crippen LogP contribution < -0.4 is 4.74 Å². The standard InChI is InChI=1S/C18H18N2O4/c1-19(13-15-6-4-8-17(12-15)24-2)18(21)10-9-14-5-3-7-16(11-14)20(22)23/h3-12H,13H2,1-2H3/b10-9+. The predicted octanol–water partition coefficient (Wildman–Crippen LogP) is 3.28. The Morgan fingerprint density at radius 2 is 2.00 bits per heavy atom. The normalized spacial score (nSPS) is 10.6. The summed E-state index contributed by atoms with van der Waals surface area (Å²) >= 11 is 0. The van der Waals surface area contributed by atoms with E-state index < -0.39 is 4.92 Å². The van der Waals surface area contributed by atoms with Crippen LogP contribution in [0.2, 0.25) is 0 Å². The fourth-order valence-corrected chi connectivity index (χ4v) is 2.16. The minimum Gasteiger partial charge on any atom is -0.497 e. The molecule has 2 rings (SSSR count). The van der Waals surface area contributed by atoms with Crippen molar-refractivity contribution in [3.63, 3.8) is 0 Å². The van der Waals surface area contributed by atoms with Crippen molar-refractivity contribution in [1.29, 1.82) is 0 Å². The van der Waals surface area contributed by atoms with Crippen molar-refractivity contribution in [2.24, 2.45) is 0 Å². The number of hydrogen-bond acceptors (Lipinski definition) is 4. The molecular weight excluding hydrogens is 308 g/mol. The van der Waals surface area contributed by atoms with Gasteiger partial charge in [-0.05, 0) is 29.3 Å². The van der Waals surface area contributed by atoms with E-state index in [0.717, 1.165) is 11.3 Å². The smallest absolute Gasteiger partial charge is 0.270 e. The number of nitrogens with zero attached hydrogens (tertiary/aromatic N) is 2.